The molecule has 2 aromatic rings. The Labute approximate surface area is 129 Å². The van der Waals surface area contributed by atoms with E-state index in [2.05, 4.69) is 37.2 Å². The first kappa shape index (κ1) is 14.9. The van der Waals surface area contributed by atoms with Crippen LogP contribution in [0.1, 0.15) is 0 Å². The maximum Gasteiger partial charge on any atom is 0.293 e. The number of nitrogens with zero attached hydrogens (tertiary/aromatic N) is 1. The first-order valence-corrected chi connectivity index (χ1v) is 6.82. The van der Waals surface area contributed by atoms with Crippen LogP contribution in [0, 0.1) is 21.7 Å². The minimum atomic E-state index is -0.845. The van der Waals surface area contributed by atoms with Gasteiger partial charge in [-0.3, -0.25) is 10.1 Å². The topological polar surface area (TPSA) is 55.2 Å². The molecule has 0 heterocycles. The summed E-state index contributed by atoms with van der Waals surface area (Å²) in [6.45, 7) is 0. The van der Waals surface area contributed by atoms with Gasteiger partial charge in [-0.1, -0.05) is 15.9 Å². The maximum atomic E-state index is 13.6. The van der Waals surface area contributed by atoms with Crippen molar-refractivity contribution in [3.05, 3.63) is 61.0 Å². The zero-order valence-corrected chi connectivity index (χ0v) is 12.8. The van der Waals surface area contributed by atoms with E-state index in [-0.39, 0.29) is 21.5 Å². The Bertz CT molecular complexity index is 695. The van der Waals surface area contributed by atoms with Gasteiger partial charge >= 0.3 is 0 Å². The fourth-order valence-electron chi connectivity index (χ4n) is 1.52. The van der Waals surface area contributed by atoms with E-state index < -0.39 is 16.6 Å². The van der Waals surface area contributed by atoms with Gasteiger partial charge in [-0.2, -0.15) is 0 Å². The van der Waals surface area contributed by atoms with E-state index in [1.807, 2.05) is 0 Å². The second-order valence-corrected chi connectivity index (χ2v) is 5.56. The summed E-state index contributed by atoms with van der Waals surface area (Å²) in [6.07, 6.45) is 0. The molecule has 0 aliphatic rings. The van der Waals surface area contributed by atoms with Gasteiger partial charge in [0.2, 0.25) is 0 Å². The largest absolute Gasteiger partial charge is 0.347 e. The van der Waals surface area contributed by atoms with E-state index in [0.717, 1.165) is 0 Å². The molecule has 0 aromatic heterocycles. The van der Waals surface area contributed by atoms with Crippen molar-refractivity contribution < 1.29 is 13.7 Å². The van der Waals surface area contributed by atoms with Crippen molar-refractivity contribution in [3.63, 3.8) is 0 Å². The standard InChI is InChI=1S/C12H6Br2F2N2O2/c13-6-1-2-10(12(3-6)18(19)20)17-11-4-7(14)8(15)5-9(11)16/h1-5,17H. The fourth-order valence-corrected chi connectivity index (χ4v) is 2.22. The van der Waals surface area contributed by atoms with Crippen molar-refractivity contribution >= 4 is 48.9 Å². The molecule has 104 valence electrons. The normalized spacial score (nSPS) is 10.4. The number of hydrogen-bond acceptors (Lipinski definition) is 3. The molecule has 20 heavy (non-hydrogen) atoms. The number of anilines is 2. The predicted molar refractivity (Wildman–Crippen MR) is 78.1 cm³/mol. The Morgan fingerprint density at radius 1 is 1.05 bits per heavy atom. The molecule has 0 saturated heterocycles. The molecule has 0 amide bonds. The third-order valence-electron chi connectivity index (χ3n) is 2.44. The van der Waals surface area contributed by atoms with Gasteiger partial charge in [0, 0.05) is 16.6 Å². The van der Waals surface area contributed by atoms with Gasteiger partial charge in [-0.15, -0.1) is 0 Å². The van der Waals surface area contributed by atoms with Crippen molar-refractivity contribution in [2.45, 2.75) is 0 Å². The van der Waals surface area contributed by atoms with Gasteiger partial charge in [-0.05, 0) is 34.1 Å². The summed E-state index contributed by atoms with van der Waals surface area (Å²) in [5.41, 5.74) is -0.182. The molecule has 0 aliphatic heterocycles. The molecular weight excluding hydrogens is 402 g/mol. The summed E-state index contributed by atoms with van der Waals surface area (Å²) in [4.78, 5) is 10.4. The highest BCUT2D eigenvalue weighted by molar-refractivity contribution is 9.10. The molecule has 8 heteroatoms. The van der Waals surface area contributed by atoms with Crippen LogP contribution in [0.5, 0.6) is 0 Å². The van der Waals surface area contributed by atoms with Crippen LogP contribution in [-0.4, -0.2) is 4.92 Å². The molecule has 0 saturated carbocycles. The van der Waals surface area contributed by atoms with Crippen LogP contribution in [0.4, 0.5) is 25.8 Å². The zero-order valence-electron chi connectivity index (χ0n) is 9.66. The summed E-state index contributed by atoms with van der Waals surface area (Å²) in [5, 5.41) is 13.5. The summed E-state index contributed by atoms with van der Waals surface area (Å²) in [6, 6.07) is 6.16. The number of hydrogen-bond donors (Lipinski definition) is 1. The second-order valence-electron chi connectivity index (χ2n) is 3.79. The third kappa shape index (κ3) is 3.13. The van der Waals surface area contributed by atoms with Crippen molar-refractivity contribution in [3.8, 4) is 0 Å². The molecule has 0 spiro atoms. The average molecular weight is 408 g/mol. The van der Waals surface area contributed by atoms with Crippen LogP contribution >= 0.6 is 31.9 Å². The van der Waals surface area contributed by atoms with Crippen molar-refractivity contribution in [2.75, 3.05) is 5.32 Å². The fraction of sp³-hybridized carbons (Fsp3) is 0. The number of nitro benzene ring substituents is 1. The smallest absolute Gasteiger partial charge is 0.293 e. The molecule has 4 nitrogen and oxygen atoms in total. The highest BCUT2D eigenvalue weighted by atomic mass is 79.9. The minimum Gasteiger partial charge on any atom is -0.347 e. The Balaban J connectivity index is 2.45. The van der Waals surface area contributed by atoms with Gasteiger partial charge < -0.3 is 5.32 Å². The van der Waals surface area contributed by atoms with Crippen molar-refractivity contribution in [2.24, 2.45) is 0 Å². The lowest BCUT2D eigenvalue weighted by Gasteiger charge is -2.09. The van der Waals surface area contributed by atoms with Gasteiger partial charge in [0.15, 0.2) is 0 Å². The zero-order chi connectivity index (χ0) is 14.9. The molecule has 2 aromatic carbocycles. The van der Waals surface area contributed by atoms with Gasteiger partial charge in [0.05, 0.1) is 15.1 Å². The molecule has 0 fully saturated rings. The molecule has 0 bridgehead atoms. The van der Waals surface area contributed by atoms with Gasteiger partial charge in [0.25, 0.3) is 5.69 Å². The van der Waals surface area contributed by atoms with Crippen LogP contribution < -0.4 is 5.32 Å². The van der Waals surface area contributed by atoms with Crippen LogP contribution in [0.25, 0.3) is 0 Å². The van der Waals surface area contributed by atoms with E-state index in [1.165, 1.54) is 18.2 Å². The molecule has 2 rings (SSSR count). The van der Waals surface area contributed by atoms with Crippen molar-refractivity contribution in [1.29, 1.82) is 0 Å². The van der Waals surface area contributed by atoms with Gasteiger partial charge in [0.1, 0.15) is 17.3 Å². The Morgan fingerprint density at radius 2 is 1.75 bits per heavy atom. The first-order valence-electron chi connectivity index (χ1n) is 5.24. The molecular formula is C12H6Br2F2N2O2. The lowest BCUT2D eigenvalue weighted by molar-refractivity contribution is -0.384. The summed E-state index contributed by atoms with van der Waals surface area (Å²) in [5.74, 6) is -1.60. The molecule has 0 aliphatic carbocycles. The van der Waals surface area contributed by atoms with Crippen LogP contribution in [0.15, 0.2) is 39.3 Å². The third-order valence-corrected chi connectivity index (χ3v) is 3.54. The molecule has 0 unspecified atom stereocenters. The van der Waals surface area contributed by atoms with Crippen molar-refractivity contribution in [1.82, 2.24) is 0 Å². The Morgan fingerprint density at radius 3 is 2.40 bits per heavy atom. The van der Waals surface area contributed by atoms with Crippen LogP contribution in [-0.2, 0) is 0 Å². The Kier molecular flexibility index (Phi) is 4.34. The van der Waals surface area contributed by atoms with E-state index >= 15 is 0 Å². The van der Waals surface area contributed by atoms with E-state index in [9.17, 15) is 18.9 Å². The lowest BCUT2D eigenvalue weighted by atomic mass is 10.2. The second kappa shape index (κ2) is 5.84. The number of nitro groups is 1. The van der Waals surface area contributed by atoms with E-state index in [4.69, 9.17) is 0 Å². The SMILES string of the molecule is O=[N+]([O-])c1cc(Br)ccc1Nc1cc(Br)c(F)cc1F. The minimum absolute atomic E-state index is 0.0566. The highest BCUT2D eigenvalue weighted by Gasteiger charge is 2.16. The molecule has 0 atom stereocenters. The average Bonchev–Trinajstić information content (AvgIpc) is 2.37. The summed E-state index contributed by atoms with van der Waals surface area (Å²) < 4.78 is 27.3. The molecule has 1 N–H and O–H groups in total. The number of rotatable bonds is 3. The van der Waals surface area contributed by atoms with Crippen LogP contribution in [0.3, 0.4) is 0 Å². The quantitative estimate of drug-likeness (QED) is 0.435. The lowest BCUT2D eigenvalue weighted by Crippen LogP contribution is -1.99. The Hall–Kier alpha value is -1.54. The van der Waals surface area contributed by atoms with E-state index in [1.54, 1.807) is 6.07 Å². The predicted octanol–water partition coefficient (Wildman–Crippen LogP) is 5.14. The maximum absolute atomic E-state index is 13.6. The summed E-state index contributed by atoms with van der Waals surface area (Å²) in [7, 11) is 0. The van der Waals surface area contributed by atoms with Crippen LogP contribution in [0.2, 0.25) is 0 Å². The first-order chi connectivity index (χ1) is 9.38. The number of benzene rings is 2. The number of nitrogens with one attached hydrogen (secondary N) is 1. The van der Waals surface area contributed by atoms with E-state index in [0.29, 0.717) is 10.5 Å². The monoisotopic (exact) mass is 406 g/mol. The molecule has 0 radical (unpaired) electrons. The van der Waals surface area contributed by atoms with Gasteiger partial charge in [-0.25, -0.2) is 8.78 Å². The number of halogens is 4. The highest BCUT2D eigenvalue weighted by Crippen LogP contribution is 2.32. The summed E-state index contributed by atoms with van der Waals surface area (Å²) >= 11 is 6.05.